The Balaban J connectivity index is 1.71. The van der Waals surface area contributed by atoms with Crippen LogP contribution in [0.1, 0.15) is 31.7 Å². The van der Waals surface area contributed by atoms with Gasteiger partial charge in [-0.05, 0) is 31.5 Å². The highest BCUT2D eigenvalue weighted by atomic mass is 79.9. The van der Waals surface area contributed by atoms with Crippen molar-refractivity contribution < 1.29 is 23.7 Å². The molecule has 0 bridgehead atoms. The summed E-state index contributed by atoms with van der Waals surface area (Å²) in [6.45, 7) is 3.41. The molecule has 2 heterocycles. The minimum atomic E-state index is -0.550. The van der Waals surface area contributed by atoms with Crippen LogP contribution >= 0.6 is 15.9 Å². The summed E-state index contributed by atoms with van der Waals surface area (Å²) < 4.78 is 24.1. The van der Waals surface area contributed by atoms with Crippen LogP contribution in [-0.2, 0) is 24.4 Å². The lowest BCUT2D eigenvalue weighted by Crippen LogP contribution is -2.50. The van der Waals surface area contributed by atoms with Crippen LogP contribution in [0.25, 0.3) is 0 Å². The van der Waals surface area contributed by atoms with E-state index in [4.69, 9.17) is 18.9 Å². The Morgan fingerprint density at radius 1 is 1.36 bits per heavy atom. The number of hydrogen-bond donors (Lipinski definition) is 0. The predicted molar refractivity (Wildman–Crippen MR) is 94.5 cm³/mol. The molecule has 1 aromatic carbocycles. The lowest BCUT2D eigenvalue weighted by molar-refractivity contribution is -0.198. The highest BCUT2D eigenvalue weighted by molar-refractivity contribution is 9.10. The maximum absolute atomic E-state index is 11.9. The van der Waals surface area contributed by atoms with Gasteiger partial charge in [-0.3, -0.25) is 0 Å². The van der Waals surface area contributed by atoms with Gasteiger partial charge in [0.2, 0.25) is 0 Å². The molecule has 0 amide bonds. The van der Waals surface area contributed by atoms with Crippen LogP contribution in [0.15, 0.2) is 34.8 Å². The summed E-state index contributed by atoms with van der Waals surface area (Å²) in [5, 5.41) is 0. The van der Waals surface area contributed by atoms with E-state index in [0.29, 0.717) is 26.2 Å². The molecule has 1 aromatic rings. The van der Waals surface area contributed by atoms with Crippen molar-refractivity contribution in [2.75, 3.05) is 19.8 Å². The van der Waals surface area contributed by atoms with Crippen molar-refractivity contribution in [3.05, 3.63) is 40.4 Å². The zero-order chi connectivity index (χ0) is 17.5. The number of halogens is 1. The summed E-state index contributed by atoms with van der Waals surface area (Å²) in [4.78, 5) is 11.9. The summed E-state index contributed by atoms with van der Waals surface area (Å²) in [5.74, 6) is -0.0185. The molecule has 6 heteroatoms. The molecule has 134 valence electrons. The van der Waals surface area contributed by atoms with Gasteiger partial charge in [0.25, 0.3) is 0 Å². The molecule has 2 fully saturated rings. The highest BCUT2D eigenvalue weighted by Crippen LogP contribution is 2.55. The third kappa shape index (κ3) is 2.90. The second-order valence-corrected chi connectivity index (χ2v) is 7.60. The largest absolute Gasteiger partial charge is 0.489 e. The number of esters is 1. The van der Waals surface area contributed by atoms with Gasteiger partial charge in [0, 0.05) is 29.0 Å². The lowest BCUT2D eigenvalue weighted by atomic mass is 9.66. The van der Waals surface area contributed by atoms with Crippen LogP contribution < -0.4 is 4.74 Å². The van der Waals surface area contributed by atoms with E-state index in [-0.39, 0.29) is 17.5 Å². The van der Waals surface area contributed by atoms with Gasteiger partial charge in [-0.15, -0.1) is 0 Å². The monoisotopic (exact) mass is 408 g/mol. The summed E-state index contributed by atoms with van der Waals surface area (Å²) in [6.07, 6.45) is 5.56. The molecule has 2 aliphatic heterocycles. The Hall–Kier alpha value is -1.37. The van der Waals surface area contributed by atoms with E-state index in [1.807, 2.05) is 18.2 Å². The molecule has 0 radical (unpaired) electrons. The van der Waals surface area contributed by atoms with E-state index in [0.717, 1.165) is 28.6 Å². The SMILES string of the molecule is CCOC(=O)/C=C/[C@]12CCC3(C[C@H]1Oc1ccc(Br)cc12)OCCO3. The quantitative estimate of drug-likeness (QED) is 0.565. The number of hydrogen-bond acceptors (Lipinski definition) is 5. The van der Waals surface area contributed by atoms with Crippen LogP contribution in [0, 0.1) is 0 Å². The zero-order valence-corrected chi connectivity index (χ0v) is 15.7. The molecule has 2 atom stereocenters. The number of benzene rings is 1. The first-order valence-corrected chi connectivity index (χ1v) is 9.47. The second-order valence-electron chi connectivity index (χ2n) is 6.68. The van der Waals surface area contributed by atoms with E-state index in [9.17, 15) is 4.79 Å². The van der Waals surface area contributed by atoms with Gasteiger partial charge >= 0.3 is 5.97 Å². The smallest absolute Gasteiger partial charge is 0.330 e. The Bertz CT molecular complexity index is 710. The molecule has 1 saturated carbocycles. The van der Waals surface area contributed by atoms with Crippen molar-refractivity contribution in [3.8, 4) is 5.75 Å². The lowest BCUT2D eigenvalue weighted by Gasteiger charge is -2.43. The van der Waals surface area contributed by atoms with Crippen molar-refractivity contribution in [2.24, 2.45) is 0 Å². The van der Waals surface area contributed by atoms with Crippen molar-refractivity contribution in [3.63, 3.8) is 0 Å². The molecule has 0 unspecified atom stereocenters. The second kappa shape index (κ2) is 6.41. The molecule has 0 aromatic heterocycles. The van der Waals surface area contributed by atoms with Crippen molar-refractivity contribution in [1.82, 2.24) is 0 Å². The van der Waals surface area contributed by atoms with Crippen LogP contribution in [0.2, 0.25) is 0 Å². The third-order valence-electron chi connectivity index (χ3n) is 5.32. The van der Waals surface area contributed by atoms with Crippen LogP contribution in [0.3, 0.4) is 0 Å². The maximum Gasteiger partial charge on any atom is 0.330 e. The van der Waals surface area contributed by atoms with E-state index in [1.54, 1.807) is 6.92 Å². The average molecular weight is 409 g/mol. The van der Waals surface area contributed by atoms with Crippen LogP contribution in [0.5, 0.6) is 5.75 Å². The van der Waals surface area contributed by atoms with Crippen molar-refractivity contribution in [1.29, 1.82) is 0 Å². The van der Waals surface area contributed by atoms with Gasteiger partial charge in [-0.1, -0.05) is 22.0 Å². The Kier molecular flexibility index (Phi) is 4.38. The molecule has 1 spiro atoms. The standard InChI is InChI=1S/C19H21BrO5/c1-2-22-17(21)5-6-18-7-8-19(23-9-10-24-19)12-16(18)25-15-4-3-13(20)11-14(15)18/h3-6,11,16H,2,7-10,12H2,1H3/b6-5+/t16-,18-/m1/s1. The maximum atomic E-state index is 11.9. The predicted octanol–water partition coefficient (Wildman–Crippen LogP) is 3.49. The fourth-order valence-corrected chi connectivity index (χ4v) is 4.51. The summed E-state index contributed by atoms with van der Waals surface area (Å²) in [6, 6.07) is 6.02. The number of ether oxygens (including phenoxy) is 4. The van der Waals surface area contributed by atoms with Gasteiger partial charge in [-0.2, -0.15) is 0 Å². The first kappa shape index (κ1) is 17.1. The number of rotatable bonds is 3. The summed E-state index contributed by atoms with van der Waals surface area (Å²) in [5.41, 5.74) is 0.729. The number of carbonyl (C=O) groups is 1. The molecule has 25 heavy (non-hydrogen) atoms. The van der Waals surface area contributed by atoms with Gasteiger partial charge in [0.1, 0.15) is 11.9 Å². The molecular formula is C19H21BrO5. The topological polar surface area (TPSA) is 54.0 Å². The normalized spacial score (nSPS) is 29.4. The number of carbonyl (C=O) groups excluding carboxylic acids is 1. The molecule has 0 N–H and O–H groups in total. The third-order valence-corrected chi connectivity index (χ3v) is 5.81. The fourth-order valence-electron chi connectivity index (χ4n) is 4.15. The summed E-state index contributed by atoms with van der Waals surface area (Å²) in [7, 11) is 0. The minimum Gasteiger partial charge on any atom is -0.489 e. The van der Waals surface area contributed by atoms with E-state index in [2.05, 4.69) is 22.0 Å². The van der Waals surface area contributed by atoms with Gasteiger partial charge < -0.3 is 18.9 Å². The van der Waals surface area contributed by atoms with Crippen molar-refractivity contribution in [2.45, 2.75) is 43.5 Å². The Labute approximate surface area is 155 Å². The first-order valence-electron chi connectivity index (χ1n) is 8.67. The minimum absolute atomic E-state index is 0.130. The number of fused-ring (bicyclic) bond motifs is 3. The fraction of sp³-hybridized carbons (Fsp3) is 0.526. The van der Waals surface area contributed by atoms with E-state index >= 15 is 0 Å². The molecule has 5 nitrogen and oxygen atoms in total. The van der Waals surface area contributed by atoms with E-state index < -0.39 is 5.79 Å². The van der Waals surface area contributed by atoms with Crippen LogP contribution in [0.4, 0.5) is 0 Å². The van der Waals surface area contributed by atoms with Crippen LogP contribution in [-0.4, -0.2) is 37.7 Å². The molecule has 1 aliphatic carbocycles. The van der Waals surface area contributed by atoms with Gasteiger partial charge in [-0.25, -0.2) is 4.79 Å². The molecule has 4 rings (SSSR count). The summed E-state index contributed by atoms with van der Waals surface area (Å²) >= 11 is 3.55. The average Bonchev–Trinajstić information content (AvgIpc) is 3.16. The zero-order valence-electron chi connectivity index (χ0n) is 14.1. The van der Waals surface area contributed by atoms with Crippen molar-refractivity contribution >= 4 is 21.9 Å². The highest BCUT2D eigenvalue weighted by Gasteiger charge is 2.57. The van der Waals surface area contributed by atoms with E-state index in [1.165, 1.54) is 6.08 Å². The first-order chi connectivity index (χ1) is 12.1. The van der Waals surface area contributed by atoms with Gasteiger partial charge in [0.05, 0.1) is 25.2 Å². The molecular weight excluding hydrogens is 388 g/mol. The molecule has 1 saturated heterocycles. The van der Waals surface area contributed by atoms with Gasteiger partial charge in [0.15, 0.2) is 5.79 Å². The molecule has 3 aliphatic rings. The Morgan fingerprint density at radius 2 is 2.16 bits per heavy atom. The Morgan fingerprint density at radius 3 is 2.92 bits per heavy atom.